The van der Waals surface area contributed by atoms with E-state index in [1.165, 1.54) is 79.3 Å². The molecule has 1 nitrogen and oxygen atoms in total. The summed E-state index contributed by atoms with van der Waals surface area (Å²) in [6.45, 7) is 0. The number of aromatic nitrogens is 1. The summed E-state index contributed by atoms with van der Waals surface area (Å²) in [6, 6.07) is 51.0. The first-order chi connectivity index (χ1) is 20.3. The lowest BCUT2D eigenvalue weighted by atomic mass is 9.98. The summed E-state index contributed by atoms with van der Waals surface area (Å²) in [5.74, 6) is 0. The van der Waals surface area contributed by atoms with E-state index in [1.807, 2.05) is 22.7 Å². The van der Waals surface area contributed by atoms with E-state index in [2.05, 4.69) is 144 Å². The third kappa shape index (κ3) is 3.40. The molecule has 0 radical (unpaired) electrons. The average Bonchev–Trinajstić information content (AvgIpc) is 3.71. The van der Waals surface area contributed by atoms with Crippen LogP contribution in [0.3, 0.4) is 0 Å². The summed E-state index contributed by atoms with van der Waals surface area (Å²) in [6.07, 6.45) is 0. The van der Waals surface area contributed by atoms with E-state index in [0.29, 0.717) is 0 Å². The maximum atomic E-state index is 2.46. The number of hydrogen-bond donors (Lipinski definition) is 0. The molecule has 192 valence electrons. The highest BCUT2D eigenvalue weighted by Crippen LogP contribution is 2.49. The van der Waals surface area contributed by atoms with Crippen molar-refractivity contribution < 1.29 is 0 Å². The first-order valence-corrected chi connectivity index (χ1v) is 15.5. The van der Waals surface area contributed by atoms with Gasteiger partial charge in [-0.25, -0.2) is 0 Å². The van der Waals surface area contributed by atoms with Crippen molar-refractivity contribution in [2.75, 3.05) is 0 Å². The smallest absolute Gasteiger partial charge is 0.0555 e. The summed E-state index contributed by atoms with van der Waals surface area (Å²) in [5, 5.41) is 6.59. The number of fused-ring (bicyclic) bond motifs is 8. The first-order valence-electron chi connectivity index (χ1n) is 13.9. The van der Waals surface area contributed by atoms with E-state index in [9.17, 15) is 0 Å². The SMILES string of the molecule is c1ccc(-c2sc3c(ccc4c3c3ccccc3n4-c3ccc4sc5ccccc5c4c3)c2-c2ccccc2)cc1. The number of para-hydroxylation sites is 1. The van der Waals surface area contributed by atoms with E-state index in [-0.39, 0.29) is 0 Å². The van der Waals surface area contributed by atoms with Gasteiger partial charge in [-0.3, -0.25) is 0 Å². The molecule has 3 heteroatoms. The molecule has 0 N–H and O–H groups in total. The molecule has 0 amide bonds. The molecule has 6 aromatic carbocycles. The second kappa shape index (κ2) is 8.90. The predicted molar refractivity (Wildman–Crippen MR) is 180 cm³/mol. The molecule has 0 bridgehead atoms. The van der Waals surface area contributed by atoms with Crippen LogP contribution in [-0.4, -0.2) is 4.57 Å². The molecule has 0 fully saturated rings. The number of thiophene rings is 2. The fourth-order valence-corrected chi connectivity index (χ4v) is 8.89. The van der Waals surface area contributed by atoms with Gasteiger partial charge in [0, 0.05) is 57.2 Å². The molecule has 0 aliphatic carbocycles. The Kier molecular flexibility index (Phi) is 5.00. The van der Waals surface area contributed by atoms with Crippen LogP contribution in [0.1, 0.15) is 0 Å². The van der Waals surface area contributed by atoms with Gasteiger partial charge in [0.25, 0.3) is 0 Å². The molecule has 9 aromatic rings. The normalized spacial score (nSPS) is 11.9. The average molecular weight is 558 g/mol. The Bertz CT molecular complexity index is 2410. The van der Waals surface area contributed by atoms with Gasteiger partial charge in [-0.2, -0.15) is 0 Å². The lowest BCUT2D eigenvalue weighted by molar-refractivity contribution is 1.19. The minimum atomic E-state index is 1.20. The number of benzene rings is 6. The molecule has 3 heterocycles. The van der Waals surface area contributed by atoms with Crippen molar-refractivity contribution in [2.24, 2.45) is 0 Å². The fraction of sp³-hybridized carbons (Fsp3) is 0. The Labute approximate surface area is 245 Å². The largest absolute Gasteiger partial charge is 0.309 e. The van der Waals surface area contributed by atoms with Crippen molar-refractivity contribution >= 4 is 74.7 Å². The zero-order valence-corrected chi connectivity index (χ0v) is 23.7. The van der Waals surface area contributed by atoms with Gasteiger partial charge in [0.15, 0.2) is 0 Å². The summed E-state index contributed by atoms with van der Waals surface area (Å²) < 4.78 is 6.47. The van der Waals surface area contributed by atoms with Crippen LogP contribution < -0.4 is 0 Å². The van der Waals surface area contributed by atoms with Crippen LogP contribution in [0.15, 0.2) is 140 Å². The fourth-order valence-electron chi connectivity index (χ4n) is 6.42. The predicted octanol–water partition coefficient (Wildman–Crippen LogP) is 11.7. The van der Waals surface area contributed by atoms with Crippen molar-refractivity contribution in [3.63, 3.8) is 0 Å². The number of rotatable bonds is 3. The standard InChI is InChI=1S/C38H23NS2/c1-3-11-24(12-4-1)35-29-20-21-32-36(38(29)41-37(35)25-13-5-2-6-14-25)28-16-7-9-17-31(28)39(32)26-19-22-34-30(23-26)27-15-8-10-18-33(27)40-34/h1-23H. The van der Waals surface area contributed by atoms with Crippen LogP contribution in [0, 0.1) is 0 Å². The Morgan fingerprint density at radius 2 is 1.12 bits per heavy atom. The van der Waals surface area contributed by atoms with Crippen molar-refractivity contribution in [3.8, 4) is 27.3 Å². The second-order valence-corrected chi connectivity index (χ2v) is 12.6. The summed E-state index contributed by atoms with van der Waals surface area (Å²) >= 11 is 3.79. The summed E-state index contributed by atoms with van der Waals surface area (Å²) in [4.78, 5) is 1.32. The molecule has 0 spiro atoms. The van der Waals surface area contributed by atoms with Crippen molar-refractivity contribution in [1.29, 1.82) is 0 Å². The van der Waals surface area contributed by atoms with Crippen molar-refractivity contribution in [1.82, 2.24) is 4.57 Å². The summed E-state index contributed by atoms with van der Waals surface area (Å²) in [7, 11) is 0. The van der Waals surface area contributed by atoms with E-state index < -0.39 is 0 Å². The minimum Gasteiger partial charge on any atom is -0.309 e. The van der Waals surface area contributed by atoms with Crippen LogP contribution in [0.2, 0.25) is 0 Å². The number of nitrogens with zero attached hydrogens (tertiary/aromatic N) is 1. The van der Waals surface area contributed by atoms with E-state index in [0.717, 1.165) is 0 Å². The Morgan fingerprint density at radius 3 is 1.95 bits per heavy atom. The van der Waals surface area contributed by atoms with Gasteiger partial charge < -0.3 is 4.57 Å². The molecule has 0 aliphatic heterocycles. The Morgan fingerprint density at radius 1 is 0.439 bits per heavy atom. The second-order valence-electron chi connectivity index (χ2n) is 10.5. The maximum Gasteiger partial charge on any atom is 0.0555 e. The van der Waals surface area contributed by atoms with Crippen LogP contribution in [-0.2, 0) is 0 Å². The highest BCUT2D eigenvalue weighted by Gasteiger charge is 2.21. The van der Waals surface area contributed by atoms with Crippen LogP contribution in [0.4, 0.5) is 0 Å². The van der Waals surface area contributed by atoms with Gasteiger partial charge >= 0.3 is 0 Å². The Hall–Kier alpha value is -4.70. The van der Waals surface area contributed by atoms with Gasteiger partial charge in [-0.05, 0) is 47.5 Å². The van der Waals surface area contributed by atoms with Gasteiger partial charge in [0.1, 0.15) is 0 Å². The maximum absolute atomic E-state index is 2.46. The van der Waals surface area contributed by atoms with Crippen LogP contribution >= 0.6 is 22.7 Å². The monoisotopic (exact) mass is 557 g/mol. The molecular weight excluding hydrogens is 535 g/mol. The van der Waals surface area contributed by atoms with Gasteiger partial charge in [0.2, 0.25) is 0 Å². The zero-order chi connectivity index (χ0) is 26.9. The minimum absolute atomic E-state index is 1.20. The van der Waals surface area contributed by atoms with Crippen LogP contribution in [0.5, 0.6) is 0 Å². The zero-order valence-electron chi connectivity index (χ0n) is 22.0. The number of hydrogen-bond acceptors (Lipinski definition) is 2. The molecule has 0 atom stereocenters. The molecular formula is C38H23NS2. The molecule has 0 saturated carbocycles. The van der Waals surface area contributed by atoms with Crippen LogP contribution in [0.25, 0.3) is 79.3 Å². The highest BCUT2D eigenvalue weighted by atomic mass is 32.1. The summed E-state index contributed by atoms with van der Waals surface area (Å²) in [5.41, 5.74) is 7.54. The van der Waals surface area contributed by atoms with Crippen molar-refractivity contribution in [2.45, 2.75) is 0 Å². The molecule has 0 saturated heterocycles. The first kappa shape index (κ1) is 23.0. The third-order valence-corrected chi connectivity index (χ3v) is 10.6. The van der Waals surface area contributed by atoms with Gasteiger partial charge in [0.05, 0.1) is 11.0 Å². The molecule has 41 heavy (non-hydrogen) atoms. The third-order valence-electron chi connectivity index (χ3n) is 8.21. The highest BCUT2D eigenvalue weighted by molar-refractivity contribution is 7.25. The van der Waals surface area contributed by atoms with Gasteiger partial charge in [-0.1, -0.05) is 103 Å². The van der Waals surface area contributed by atoms with E-state index in [1.54, 1.807) is 0 Å². The quantitative estimate of drug-likeness (QED) is 0.204. The van der Waals surface area contributed by atoms with E-state index >= 15 is 0 Å². The Balaban J connectivity index is 1.40. The molecule has 0 aliphatic rings. The van der Waals surface area contributed by atoms with Crippen molar-refractivity contribution in [3.05, 3.63) is 140 Å². The molecule has 3 aromatic heterocycles. The topological polar surface area (TPSA) is 4.93 Å². The lowest BCUT2D eigenvalue weighted by Crippen LogP contribution is -1.93. The van der Waals surface area contributed by atoms with Gasteiger partial charge in [-0.15, -0.1) is 22.7 Å². The molecule has 0 unspecified atom stereocenters. The molecule has 9 rings (SSSR count). The van der Waals surface area contributed by atoms with E-state index in [4.69, 9.17) is 0 Å². The lowest BCUT2D eigenvalue weighted by Gasteiger charge is -2.09.